The van der Waals surface area contributed by atoms with Gasteiger partial charge in [-0.15, -0.1) is 0 Å². The van der Waals surface area contributed by atoms with Crippen LogP contribution in [0.1, 0.15) is 103 Å². The molecule has 3 rings (SSSR count). The Morgan fingerprint density at radius 1 is 0.412 bits per heavy atom. The number of benzene rings is 3. The lowest BCUT2D eigenvalue weighted by Gasteiger charge is -2.21. The van der Waals surface area contributed by atoms with Crippen LogP contribution < -0.4 is 43.4 Å². The van der Waals surface area contributed by atoms with Gasteiger partial charge in [0.2, 0.25) is 29.5 Å². The maximum Gasteiger partial charge on any atom is 0.251 e. The molecule has 8 amide bonds. The van der Waals surface area contributed by atoms with E-state index < -0.39 is 111 Å². The van der Waals surface area contributed by atoms with Crippen molar-refractivity contribution in [3.8, 4) is 51.7 Å². The van der Waals surface area contributed by atoms with Crippen molar-refractivity contribution in [1.29, 1.82) is 0 Å². The first-order valence-corrected chi connectivity index (χ1v) is 21.0. The number of nitrogens with one attached hydrogen (secondary N) is 6. The van der Waals surface area contributed by atoms with Crippen LogP contribution in [0.15, 0.2) is 36.4 Å². The van der Waals surface area contributed by atoms with Crippen molar-refractivity contribution in [3.63, 3.8) is 0 Å². The van der Waals surface area contributed by atoms with Gasteiger partial charge >= 0.3 is 0 Å². The lowest BCUT2D eigenvalue weighted by atomic mass is 10.1. The van der Waals surface area contributed by atoms with Crippen molar-refractivity contribution in [2.75, 3.05) is 19.6 Å². The topological polar surface area (TPSA) is 443 Å². The van der Waals surface area contributed by atoms with Gasteiger partial charge in [0.1, 0.15) is 18.1 Å². The first-order chi connectivity index (χ1) is 31.9. The molecule has 0 saturated heterocycles. The Bertz CT molecular complexity index is 2240. The summed E-state index contributed by atoms with van der Waals surface area (Å²) in [6, 6.07) is 3.22. The summed E-state index contributed by atoms with van der Waals surface area (Å²) < 4.78 is 0. The molecule has 0 aliphatic heterocycles. The third-order valence-electron chi connectivity index (χ3n) is 9.69. The van der Waals surface area contributed by atoms with E-state index in [9.17, 15) is 84.3 Å². The molecule has 0 aliphatic carbocycles. The molecule has 25 heteroatoms. The van der Waals surface area contributed by atoms with Gasteiger partial charge in [-0.1, -0.05) is 0 Å². The van der Waals surface area contributed by atoms with Gasteiger partial charge in [0.05, 0.1) is 0 Å². The number of carbonyl (C=O) groups excluding carboxylic acids is 8. The summed E-state index contributed by atoms with van der Waals surface area (Å²) in [5.41, 5.74) is 10.5. The second-order valence-corrected chi connectivity index (χ2v) is 15.2. The van der Waals surface area contributed by atoms with E-state index in [0.717, 1.165) is 36.4 Å². The minimum absolute atomic E-state index is 0.00365. The van der Waals surface area contributed by atoms with Gasteiger partial charge < -0.3 is 89.3 Å². The second-order valence-electron chi connectivity index (χ2n) is 15.2. The Morgan fingerprint density at radius 3 is 0.926 bits per heavy atom. The van der Waals surface area contributed by atoms with E-state index in [1.807, 2.05) is 0 Å². The van der Waals surface area contributed by atoms with Crippen molar-refractivity contribution in [1.82, 2.24) is 31.9 Å². The lowest BCUT2D eigenvalue weighted by Crippen LogP contribution is -2.52. The molecule has 3 atom stereocenters. The minimum Gasteiger partial charge on any atom is -0.504 e. The van der Waals surface area contributed by atoms with Crippen LogP contribution >= 0.6 is 0 Å². The SMILES string of the molecule is CC(=O)NC(CCCCNC(=O)c1cc(O)c(O)c(O)c1)C(=O)N[C@H](CCCCNC(=O)c1cc(O)c(O)c(O)c1)C(N)=O.CC(=O)N[C@H](CCCCNC(=O)c1cc(O)c(O)c(O)c1)C(N)=O. The van der Waals surface area contributed by atoms with Crippen LogP contribution in [0, 0.1) is 0 Å². The molecule has 0 radical (unpaired) electrons. The fourth-order valence-electron chi connectivity index (χ4n) is 6.14. The number of primary amides is 2. The highest BCUT2D eigenvalue weighted by molar-refractivity contribution is 5.97. The Hall–Kier alpha value is -8.38. The standard InChI is InChI=1S/C28H37N5O11.C15H21N3O6/c1-14(34)32-18(7-3-5-9-31-27(43)16-12-21(37)24(40)22(38)13-16)28(44)33-17(25(29)41)6-2-4-8-30-26(42)15-10-19(35)23(39)20(36)11-15;1-8(19)18-10(14(16)23)4-2-3-5-17-15(24)9-6-11(20)13(22)12(21)7-9/h10-13,17-18,35-40H,2-9H2,1H3,(H2,29,41)(H,30,42)(H,31,43)(H,32,34)(H,33,44);6-7,10,20-22H,2-5H2,1H3,(H2,16,23)(H,17,24)(H,18,19)/t17-,18?;10-/m11/s1. The maximum absolute atomic E-state index is 12.9. The van der Waals surface area contributed by atoms with E-state index in [4.69, 9.17) is 11.5 Å². The second kappa shape index (κ2) is 27.2. The molecule has 68 heavy (non-hydrogen) atoms. The summed E-state index contributed by atoms with van der Waals surface area (Å²) in [5.74, 6) is -10.7. The molecule has 0 aliphatic rings. The van der Waals surface area contributed by atoms with Crippen LogP contribution in [0.3, 0.4) is 0 Å². The van der Waals surface area contributed by atoms with E-state index in [1.54, 1.807) is 0 Å². The zero-order valence-electron chi connectivity index (χ0n) is 37.1. The minimum atomic E-state index is -1.06. The normalized spacial score (nSPS) is 11.9. The number of rotatable bonds is 24. The maximum atomic E-state index is 12.9. The van der Waals surface area contributed by atoms with E-state index in [1.165, 1.54) is 13.8 Å². The number of amides is 8. The Morgan fingerprint density at radius 2 is 0.662 bits per heavy atom. The summed E-state index contributed by atoms with van der Waals surface area (Å²) in [6.45, 7) is 3.11. The van der Waals surface area contributed by atoms with Gasteiger partial charge in [0, 0.05) is 50.2 Å². The Labute approximate surface area is 388 Å². The van der Waals surface area contributed by atoms with Crippen molar-refractivity contribution in [2.45, 2.75) is 89.8 Å². The number of aromatic hydroxyl groups is 9. The van der Waals surface area contributed by atoms with Crippen LogP contribution in [-0.4, -0.2) is 131 Å². The number of nitrogens with two attached hydrogens (primary N) is 2. The first kappa shape index (κ1) is 55.8. The summed E-state index contributed by atoms with van der Waals surface area (Å²) in [6.07, 6.45) is 3.24. The highest BCUT2D eigenvalue weighted by atomic mass is 16.3. The quantitative estimate of drug-likeness (QED) is 0.0401. The largest absolute Gasteiger partial charge is 0.504 e. The summed E-state index contributed by atoms with van der Waals surface area (Å²) in [4.78, 5) is 94.9. The van der Waals surface area contributed by atoms with Crippen molar-refractivity contribution < 1.29 is 84.3 Å². The van der Waals surface area contributed by atoms with E-state index in [0.29, 0.717) is 44.9 Å². The fourth-order valence-corrected chi connectivity index (χ4v) is 6.14. The first-order valence-electron chi connectivity index (χ1n) is 21.0. The fraction of sp³-hybridized carbons (Fsp3) is 0.395. The molecule has 372 valence electrons. The molecule has 0 fully saturated rings. The van der Waals surface area contributed by atoms with Crippen LogP contribution in [0.25, 0.3) is 0 Å². The van der Waals surface area contributed by atoms with Crippen LogP contribution in [0.2, 0.25) is 0 Å². The monoisotopic (exact) mass is 958 g/mol. The van der Waals surface area contributed by atoms with Crippen molar-refractivity contribution >= 4 is 47.3 Å². The molecule has 0 spiro atoms. The van der Waals surface area contributed by atoms with Crippen molar-refractivity contribution in [2.24, 2.45) is 11.5 Å². The predicted molar refractivity (Wildman–Crippen MR) is 238 cm³/mol. The predicted octanol–water partition coefficient (Wildman–Crippen LogP) is -0.411. The smallest absolute Gasteiger partial charge is 0.251 e. The molecule has 0 saturated carbocycles. The van der Waals surface area contributed by atoms with Gasteiger partial charge in [0.15, 0.2) is 51.7 Å². The lowest BCUT2D eigenvalue weighted by molar-refractivity contribution is -0.131. The number of hydrogen-bond donors (Lipinski definition) is 17. The van der Waals surface area contributed by atoms with Gasteiger partial charge in [-0.3, -0.25) is 38.4 Å². The zero-order valence-corrected chi connectivity index (χ0v) is 37.1. The number of unbranched alkanes of at least 4 members (excludes halogenated alkanes) is 3. The van der Waals surface area contributed by atoms with Crippen LogP contribution in [-0.2, 0) is 24.0 Å². The van der Waals surface area contributed by atoms with Gasteiger partial charge in [-0.25, -0.2) is 0 Å². The van der Waals surface area contributed by atoms with Gasteiger partial charge in [-0.05, 0) is 94.2 Å². The number of carbonyl (C=O) groups is 8. The third-order valence-corrected chi connectivity index (χ3v) is 9.69. The molecule has 0 heterocycles. The summed E-state index contributed by atoms with van der Waals surface area (Å²) >= 11 is 0. The highest BCUT2D eigenvalue weighted by Crippen LogP contribution is 2.37. The molecule has 1 unspecified atom stereocenters. The van der Waals surface area contributed by atoms with Gasteiger partial charge in [0.25, 0.3) is 17.7 Å². The highest BCUT2D eigenvalue weighted by Gasteiger charge is 2.25. The van der Waals surface area contributed by atoms with E-state index in [2.05, 4.69) is 31.9 Å². The van der Waals surface area contributed by atoms with Crippen molar-refractivity contribution in [3.05, 3.63) is 53.1 Å². The molecule has 3 aromatic carbocycles. The molecular weight excluding hydrogens is 901 g/mol. The van der Waals surface area contributed by atoms with Crippen LogP contribution in [0.4, 0.5) is 0 Å². The molecule has 0 bridgehead atoms. The summed E-state index contributed by atoms with van der Waals surface area (Å²) in [7, 11) is 0. The van der Waals surface area contributed by atoms with Gasteiger partial charge in [-0.2, -0.15) is 0 Å². The summed E-state index contributed by atoms with van der Waals surface area (Å²) in [5, 5.41) is 100. The average Bonchev–Trinajstić information content (AvgIpc) is 3.26. The molecular formula is C43H58N8O17. The molecule has 0 aromatic heterocycles. The average molecular weight is 959 g/mol. The number of hydrogen-bond acceptors (Lipinski definition) is 17. The number of phenols is 9. The van der Waals surface area contributed by atoms with Crippen LogP contribution in [0.5, 0.6) is 51.7 Å². The van der Waals surface area contributed by atoms with E-state index in [-0.39, 0.29) is 55.1 Å². The van der Waals surface area contributed by atoms with E-state index >= 15 is 0 Å². The molecule has 3 aromatic rings. The Balaban J connectivity index is 0.000000557. The third kappa shape index (κ3) is 18.6. The molecule has 25 nitrogen and oxygen atoms in total. The zero-order chi connectivity index (χ0) is 51.2. The Kier molecular flexibility index (Phi) is 22.3. The molecule has 19 N–H and O–H groups in total. The number of phenolic OH excluding ortho intramolecular Hbond substituents is 9.